The van der Waals surface area contributed by atoms with Gasteiger partial charge >= 0.3 is 0 Å². The minimum absolute atomic E-state index is 0.184. The molecule has 1 aliphatic carbocycles. The fourth-order valence-corrected chi connectivity index (χ4v) is 3.95. The first kappa shape index (κ1) is 14.2. The van der Waals surface area contributed by atoms with E-state index in [1.165, 1.54) is 6.20 Å². The van der Waals surface area contributed by atoms with Crippen molar-refractivity contribution in [2.75, 3.05) is 6.54 Å². The first-order valence-electron chi connectivity index (χ1n) is 7.42. The standard InChI is InChI=1S/C15H15ClF2N2O2/c16-10-6-19-5-9-11-4-8(22-12(9)10)7-20(11)14(21)15(13(17)18)2-1-3-15/h5-6,8,11,13H,1-4,7H2/t8-,11-/m0/s1. The van der Waals surface area contributed by atoms with Crippen LogP contribution >= 0.6 is 11.6 Å². The monoisotopic (exact) mass is 328 g/mol. The number of hydrogen-bond donors (Lipinski definition) is 0. The van der Waals surface area contributed by atoms with E-state index >= 15 is 0 Å². The average Bonchev–Trinajstić information content (AvgIpc) is 2.77. The second-order valence-corrected chi connectivity index (χ2v) is 6.71. The van der Waals surface area contributed by atoms with Crippen molar-refractivity contribution >= 4 is 17.5 Å². The number of hydrogen-bond acceptors (Lipinski definition) is 3. The quantitative estimate of drug-likeness (QED) is 0.837. The lowest BCUT2D eigenvalue weighted by molar-refractivity contribution is -0.163. The highest BCUT2D eigenvalue weighted by atomic mass is 35.5. The molecule has 3 aliphatic rings. The Morgan fingerprint density at radius 1 is 1.45 bits per heavy atom. The number of alkyl halides is 2. The van der Waals surface area contributed by atoms with Gasteiger partial charge in [-0.15, -0.1) is 0 Å². The molecule has 1 amide bonds. The molecule has 4 rings (SSSR count). The Morgan fingerprint density at radius 3 is 2.86 bits per heavy atom. The van der Waals surface area contributed by atoms with E-state index in [1.807, 2.05) is 0 Å². The SMILES string of the molecule is O=C(N1C[C@@H]2C[C@H]1c1cncc(Cl)c1O2)C1(C(F)F)CCC1. The Balaban J connectivity index is 1.69. The first-order valence-corrected chi connectivity index (χ1v) is 7.80. The molecule has 7 heteroatoms. The topological polar surface area (TPSA) is 42.4 Å². The number of nitrogens with zero attached hydrogens (tertiary/aromatic N) is 2. The average molecular weight is 329 g/mol. The van der Waals surface area contributed by atoms with Crippen molar-refractivity contribution in [1.82, 2.24) is 9.88 Å². The number of carbonyl (C=O) groups excluding carboxylic acids is 1. The van der Waals surface area contributed by atoms with E-state index in [0.29, 0.717) is 30.2 Å². The molecule has 118 valence electrons. The molecule has 1 saturated heterocycles. The Labute approximate surface area is 131 Å². The molecule has 2 aliphatic heterocycles. The summed E-state index contributed by atoms with van der Waals surface area (Å²) >= 11 is 6.10. The van der Waals surface area contributed by atoms with E-state index in [1.54, 1.807) is 11.1 Å². The van der Waals surface area contributed by atoms with Crippen LogP contribution in [0.1, 0.15) is 37.3 Å². The van der Waals surface area contributed by atoms with Crippen molar-refractivity contribution in [2.24, 2.45) is 5.41 Å². The van der Waals surface area contributed by atoms with Crippen molar-refractivity contribution in [2.45, 2.75) is 44.3 Å². The highest BCUT2D eigenvalue weighted by molar-refractivity contribution is 6.32. The predicted octanol–water partition coefficient (Wildman–Crippen LogP) is 3.20. The lowest BCUT2D eigenvalue weighted by Crippen LogP contribution is -2.52. The number of ether oxygens (including phenoxy) is 1. The summed E-state index contributed by atoms with van der Waals surface area (Å²) in [5.41, 5.74) is -0.776. The van der Waals surface area contributed by atoms with Crippen LogP contribution in [-0.4, -0.2) is 34.9 Å². The molecule has 22 heavy (non-hydrogen) atoms. The summed E-state index contributed by atoms with van der Waals surface area (Å²) in [7, 11) is 0. The number of carbonyl (C=O) groups is 1. The summed E-state index contributed by atoms with van der Waals surface area (Å²) in [4.78, 5) is 18.4. The predicted molar refractivity (Wildman–Crippen MR) is 75.0 cm³/mol. The number of halogens is 3. The van der Waals surface area contributed by atoms with Crippen molar-refractivity contribution < 1.29 is 18.3 Å². The van der Waals surface area contributed by atoms with Gasteiger partial charge in [-0.25, -0.2) is 8.78 Å². The Kier molecular flexibility index (Phi) is 3.08. The molecule has 1 saturated carbocycles. The third-order valence-electron chi connectivity index (χ3n) is 5.14. The molecule has 0 unspecified atom stereocenters. The number of fused-ring (bicyclic) bond motifs is 4. The molecule has 0 spiro atoms. The zero-order valence-electron chi connectivity index (χ0n) is 11.8. The smallest absolute Gasteiger partial charge is 0.252 e. The molecule has 0 N–H and O–H groups in total. The molecule has 3 heterocycles. The van der Waals surface area contributed by atoms with E-state index in [2.05, 4.69) is 4.98 Å². The van der Waals surface area contributed by atoms with Crippen LogP contribution < -0.4 is 4.74 Å². The van der Waals surface area contributed by atoms with Gasteiger partial charge in [0.25, 0.3) is 6.43 Å². The Bertz CT molecular complexity index is 636. The fourth-order valence-electron chi connectivity index (χ4n) is 3.74. The minimum atomic E-state index is -2.62. The summed E-state index contributed by atoms with van der Waals surface area (Å²) in [6, 6.07) is -0.260. The van der Waals surface area contributed by atoms with Gasteiger partial charge in [-0.05, 0) is 12.8 Å². The lowest BCUT2D eigenvalue weighted by atomic mass is 9.68. The summed E-state index contributed by atoms with van der Waals surface area (Å²) in [5, 5.41) is 0.397. The van der Waals surface area contributed by atoms with E-state index in [-0.39, 0.29) is 25.0 Å². The van der Waals surface area contributed by atoms with Gasteiger partial charge in [-0.1, -0.05) is 18.0 Å². The number of amides is 1. The molecule has 4 nitrogen and oxygen atoms in total. The van der Waals surface area contributed by atoms with Crippen LogP contribution in [0, 0.1) is 5.41 Å². The van der Waals surface area contributed by atoms with Crippen LogP contribution in [-0.2, 0) is 4.79 Å². The zero-order chi connectivity index (χ0) is 15.5. The van der Waals surface area contributed by atoms with Crippen LogP contribution in [0.4, 0.5) is 8.78 Å². The summed E-state index contributed by atoms with van der Waals surface area (Å²) in [6.07, 6.45) is 2.12. The van der Waals surface area contributed by atoms with Gasteiger partial charge < -0.3 is 9.64 Å². The summed E-state index contributed by atoms with van der Waals surface area (Å²) < 4.78 is 32.7. The van der Waals surface area contributed by atoms with Crippen molar-refractivity contribution in [3.63, 3.8) is 0 Å². The van der Waals surface area contributed by atoms with Gasteiger partial charge in [-0.3, -0.25) is 9.78 Å². The van der Waals surface area contributed by atoms with Crippen molar-refractivity contribution in [1.29, 1.82) is 0 Å². The van der Waals surface area contributed by atoms with Gasteiger partial charge in [-0.2, -0.15) is 0 Å². The van der Waals surface area contributed by atoms with Crippen molar-refractivity contribution in [3.05, 3.63) is 23.0 Å². The van der Waals surface area contributed by atoms with Gasteiger partial charge in [0, 0.05) is 24.4 Å². The van der Waals surface area contributed by atoms with Crippen LogP contribution in [0.5, 0.6) is 5.75 Å². The van der Waals surface area contributed by atoms with E-state index in [4.69, 9.17) is 16.3 Å². The van der Waals surface area contributed by atoms with E-state index < -0.39 is 17.7 Å². The third-order valence-corrected chi connectivity index (χ3v) is 5.41. The zero-order valence-corrected chi connectivity index (χ0v) is 12.5. The number of aromatic nitrogens is 1. The minimum Gasteiger partial charge on any atom is -0.486 e. The van der Waals surface area contributed by atoms with Crippen LogP contribution in [0.25, 0.3) is 0 Å². The molecular weight excluding hydrogens is 314 g/mol. The van der Waals surface area contributed by atoms with Gasteiger partial charge in [0.15, 0.2) is 0 Å². The Hall–Kier alpha value is -1.43. The Morgan fingerprint density at radius 2 is 2.23 bits per heavy atom. The molecule has 2 bridgehead atoms. The number of pyridine rings is 1. The third kappa shape index (κ3) is 1.79. The van der Waals surface area contributed by atoms with E-state index in [9.17, 15) is 13.6 Å². The van der Waals surface area contributed by atoms with Crippen LogP contribution in [0.15, 0.2) is 12.4 Å². The second-order valence-electron chi connectivity index (χ2n) is 6.30. The fraction of sp³-hybridized carbons (Fsp3) is 0.600. The maximum absolute atomic E-state index is 13.4. The first-order chi connectivity index (χ1) is 10.5. The second kappa shape index (κ2) is 4.78. The normalized spacial score (nSPS) is 28.1. The molecule has 2 atom stereocenters. The molecule has 0 aromatic carbocycles. The molecule has 1 aromatic heterocycles. The van der Waals surface area contributed by atoms with Gasteiger partial charge in [0.1, 0.15) is 22.3 Å². The number of rotatable bonds is 2. The molecule has 0 radical (unpaired) electrons. The molecule has 2 fully saturated rings. The van der Waals surface area contributed by atoms with Gasteiger partial charge in [0.2, 0.25) is 5.91 Å². The highest BCUT2D eigenvalue weighted by Crippen LogP contribution is 2.52. The largest absolute Gasteiger partial charge is 0.486 e. The summed E-state index contributed by atoms with van der Waals surface area (Å²) in [5.74, 6) is 0.0885. The molecule has 1 aromatic rings. The number of likely N-dealkylation sites (tertiary alicyclic amines) is 1. The van der Waals surface area contributed by atoms with E-state index in [0.717, 1.165) is 5.56 Å². The maximum Gasteiger partial charge on any atom is 0.252 e. The van der Waals surface area contributed by atoms with Gasteiger partial charge in [0.05, 0.1) is 12.6 Å². The maximum atomic E-state index is 13.4. The summed E-state index contributed by atoms with van der Waals surface area (Å²) in [6.45, 7) is 0.336. The molecular formula is C15H15ClF2N2O2. The highest BCUT2D eigenvalue weighted by Gasteiger charge is 2.56. The lowest BCUT2D eigenvalue weighted by Gasteiger charge is -2.43. The van der Waals surface area contributed by atoms with Crippen LogP contribution in [0.3, 0.4) is 0 Å². The van der Waals surface area contributed by atoms with Crippen LogP contribution in [0.2, 0.25) is 5.02 Å². The van der Waals surface area contributed by atoms with Crippen molar-refractivity contribution in [3.8, 4) is 5.75 Å².